The van der Waals surface area contributed by atoms with Crippen molar-refractivity contribution in [2.24, 2.45) is 23.7 Å². The standard InChI is InChI=1S/C38H56N4O9/c1-8-32-29(19-39)16-23(2)11-12-30(44)24(3)17-28(13-14-43)36(25(4)31(45)18-33(46)50-32)51-38-35(47)34(42(6)7)37(26(5)49-38)48-15-9-10-27-20-40-22-41-21-27/h11-12,14,16,20-22,24-26,28-29,31-32,34-38,45,47H,8-10,13,15,17-18H2,1-7H3/b12-11+,23-16+/t24-,25+,26-,28+,29-,31-,32-,34-,35-,36-,37-,38+/m1/s1. The third kappa shape index (κ3) is 12.1. The highest BCUT2D eigenvalue weighted by atomic mass is 16.7. The van der Waals surface area contributed by atoms with Crippen molar-refractivity contribution in [3.8, 4) is 6.07 Å². The Labute approximate surface area is 302 Å². The molecule has 1 fully saturated rings. The number of ether oxygens (including phenoxy) is 4. The van der Waals surface area contributed by atoms with Crippen molar-refractivity contribution in [3.63, 3.8) is 0 Å². The zero-order valence-electron chi connectivity index (χ0n) is 31.0. The Morgan fingerprint density at radius 1 is 1.12 bits per heavy atom. The van der Waals surface area contributed by atoms with E-state index in [0.29, 0.717) is 25.0 Å². The first-order valence-corrected chi connectivity index (χ1v) is 17.9. The molecule has 0 unspecified atom stereocenters. The second-order valence-corrected chi connectivity index (χ2v) is 14.1. The molecular formula is C38H56N4O9. The smallest absolute Gasteiger partial charge is 0.308 e. The third-order valence-electron chi connectivity index (χ3n) is 9.89. The van der Waals surface area contributed by atoms with Gasteiger partial charge in [0, 0.05) is 37.3 Å². The summed E-state index contributed by atoms with van der Waals surface area (Å²) in [6.07, 6.45) is 5.76. The molecule has 2 N–H and O–H groups in total. The molecule has 12 atom stereocenters. The number of aldehydes is 1. The van der Waals surface area contributed by atoms with E-state index >= 15 is 0 Å². The predicted molar refractivity (Wildman–Crippen MR) is 188 cm³/mol. The van der Waals surface area contributed by atoms with Crippen LogP contribution in [0.25, 0.3) is 0 Å². The highest BCUT2D eigenvalue weighted by Gasteiger charge is 2.48. The summed E-state index contributed by atoms with van der Waals surface area (Å²) in [6.45, 7) is 9.26. The van der Waals surface area contributed by atoms with Crippen LogP contribution in [0.1, 0.15) is 72.3 Å². The lowest BCUT2D eigenvalue weighted by Gasteiger charge is -2.48. The molecule has 51 heavy (non-hydrogen) atoms. The molecule has 3 heterocycles. The van der Waals surface area contributed by atoms with Crippen LogP contribution in [-0.2, 0) is 39.8 Å². The number of carbonyl (C=O) groups is 3. The Hall–Kier alpha value is -3.38. The Morgan fingerprint density at radius 2 is 1.82 bits per heavy atom. The normalized spacial score (nSPS) is 36.1. The maximum atomic E-state index is 13.3. The fourth-order valence-corrected chi connectivity index (χ4v) is 6.93. The van der Waals surface area contributed by atoms with Crippen LogP contribution < -0.4 is 0 Å². The van der Waals surface area contributed by atoms with Crippen LogP contribution in [0, 0.1) is 35.0 Å². The average molecular weight is 713 g/mol. The minimum Gasteiger partial charge on any atom is -0.461 e. The first-order valence-electron chi connectivity index (χ1n) is 17.9. The summed E-state index contributed by atoms with van der Waals surface area (Å²) in [5.41, 5.74) is 1.65. The number of esters is 1. The first-order chi connectivity index (χ1) is 24.3. The quantitative estimate of drug-likeness (QED) is 0.194. The summed E-state index contributed by atoms with van der Waals surface area (Å²) in [5, 5.41) is 33.0. The second kappa shape index (κ2) is 20.6. The molecule has 1 aromatic rings. The number of ketones is 1. The van der Waals surface area contributed by atoms with Crippen molar-refractivity contribution < 1.29 is 43.5 Å². The lowest BCUT2D eigenvalue weighted by Crippen LogP contribution is -2.64. The number of aliphatic hydroxyl groups excluding tert-OH is 2. The van der Waals surface area contributed by atoms with E-state index < -0.39 is 85.0 Å². The van der Waals surface area contributed by atoms with E-state index in [1.54, 1.807) is 52.2 Å². The number of cyclic esters (lactones) is 1. The van der Waals surface area contributed by atoms with Crippen LogP contribution >= 0.6 is 0 Å². The number of nitrogens with zero attached hydrogens (tertiary/aromatic N) is 4. The maximum absolute atomic E-state index is 13.3. The Bertz CT molecular complexity index is 1370. The van der Waals surface area contributed by atoms with Crippen LogP contribution in [0.15, 0.2) is 42.5 Å². The first kappa shape index (κ1) is 42.0. The number of rotatable bonds is 11. The van der Waals surface area contributed by atoms with E-state index in [1.807, 2.05) is 25.9 Å². The van der Waals surface area contributed by atoms with E-state index in [1.165, 1.54) is 12.4 Å². The number of hydrogen-bond donors (Lipinski definition) is 2. The van der Waals surface area contributed by atoms with Crippen LogP contribution in [0.3, 0.4) is 0 Å². The molecule has 0 bridgehead atoms. The monoisotopic (exact) mass is 712 g/mol. The summed E-state index contributed by atoms with van der Waals surface area (Å²) >= 11 is 0. The van der Waals surface area contributed by atoms with Gasteiger partial charge in [0.05, 0.1) is 36.8 Å². The van der Waals surface area contributed by atoms with Gasteiger partial charge in [-0.15, -0.1) is 0 Å². The molecule has 2 aliphatic heterocycles. The predicted octanol–water partition coefficient (Wildman–Crippen LogP) is 3.38. The number of aryl methyl sites for hydroxylation is 1. The number of likely N-dealkylation sites (N-methyl/N-ethyl adjacent to an activating group) is 1. The average Bonchev–Trinajstić information content (AvgIpc) is 3.10. The summed E-state index contributed by atoms with van der Waals surface area (Å²) in [7, 11) is 3.66. The van der Waals surface area contributed by atoms with Gasteiger partial charge >= 0.3 is 5.97 Å². The second-order valence-electron chi connectivity index (χ2n) is 14.1. The topological polar surface area (TPSA) is 181 Å². The number of carbonyl (C=O) groups excluding carboxylic acids is 3. The molecule has 3 rings (SSSR count). The van der Waals surface area contributed by atoms with Gasteiger partial charge in [0.1, 0.15) is 36.8 Å². The Balaban J connectivity index is 1.89. The number of nitriles is 1. The number of aromatic nitrogens is 2. The molecule has 1 saturated heterocycles. The van der Waals surface area contributed by atoms with Gasteiger partial charge in [0.2, 0.25) is 0 Å². The summed E-state index contributed by atoms with van der Waals surface area (Å²) in [6, 6.07) is 1.63. The van der Waals surface area contributed by atoms with Gasteiger partial charge in [-0.3, -0.25) is 9.59 Å². The van der Waals surface area contributed by atoms with Gasteiger partial charge in [-0.2, -0.15) is 5.26 Å². The summed E-state index contributed by atoms with van der Waals surface area (Å²) in [4.78, 5) is 48.4. The zero-order valence-corrected chi connectivity index (χ0v) is 31.0. The van der Waals surface area contributed by atoms with E-state index in [-0.39, 0.29) is 18.6 Å². The van der Waals surface area contributed by atoms with Crippen molar-refractivity contribution in [3.05, 3.63) is 48.1 Å². The van der Waals surface area contributed by atoms with Gasteiger partial charge in [-0.05, 0) is 71.2 Å². The highest BCUT2D eigenvalue weighted by Crippen LogP contribution is 2.35. The molecule has 13 nitrogen and oxygen atoms in total. The molecular weight excluding hydrogens is 656 g/mol. The van der Waals surface area contributed by atoms with Gasteiger partial charge in [-0.1, -0.05) is 38.5 Å². The zero-order chi connectivity index (χ0) is 37.7. The van der Waals surface area contributed by atoms with Gasteiger partial charge < -0.3 is 38.9 Å². The van der Waals surface area contributed by atoms with Crippen molar-refractivity contribution >= 4 is 18.0 Å². The van der Waals surface area contributed by atoms with E-state index in [9.17, 15) is 29.9 Å². The number of aliphatic hydroxyl groups is 2. The molecule has 0 radical (unpaired) electrons. The van der Waals surface area contributed by atoms with Crippen molar-refractivity contribution in [1.82, 2.24) is 14.9 Å². The lowest BCUT2D eigenvalue weighted by atomic mass is 9.79. The summed E-state index contributed by atoms with van der Waals surface area (Å²) in [5.74, 6) is -3.49. The lowest BCUT2D eigenvalue weighted by molar-refractivity contribution is -0.308. The van der Waals surface area contributed by atoms with E-state index in [0.717, 1.165) is 18.3 Å². The molecule has 2 aliphatic rings. The molecule has 0 spiro atoms. The molecule has 282 valence electrons. The SMILES string of the molecule is CC[C@H]1OC(=O)C[C@@H](O)[C@H](C)[C@@H](O[C@@H]2O[C@H](C)[C@@H](OCCCc3cncnc3)[C@H](N(C)C)[C@H]2O)[C@@H](CC=O)C[C@@H](C)C(=O)/C=C/C(C)=C/[C@@H]1C#N. The fraction of sp³-hybridized carbons (Fsp3) is 0.684. The van der Waals surface area contributed by atoms with E-state index in [4.69, 9.17) is 18.9 Å². The minimum atomic E-state index is -1.28. The molecule has 0 amide bonds. The Morgan fingerprint density at radius 3 is 2.45 bits per heavy atom. The van der Waals surface area contributed by atoms with Gasteiger partial charge in [-0.25, -0.2) is 9.97 Å². The van der Waals surface area contributed by atoms with E-state index in [2.05, 4.69) is 16.0 Å². The Kier molecular flexibility index (Phi) is 17.0. The molecule has 1 aromatic heterocycles. The fourth-order valence-electron chi connectivity index (χ4n) is 6.93. The molecule has 13 heteroatoms. The van der Waals surface area contributed by atoms with Crippen molar-refractivity contribution in [2.45, 2.75) is 122 Å². The van der Waals surface area contributed by atoms with Gasteiger partial charge in [0.15, 0.2) is 12.1 Å². The molecule has 0 aromatic carbocycles. The minimum absolute atomic E-state index is 0.00185. The van der Waals surface area contributed by atoms with Crippen LogP contribution in [0.5, 0.6) is 0 Å². The van der Waals surface area contributed by atoms with Gasteiger partial charge in [0.25, 0.3) is 0 Å². The third-order valence-corrected chi connectivity index (χ3v) is 9.89. The molecule has 0 aliphatic carbocycles. The maximum Gasteiger partial charge on any atom is 0.308 e. The van der Waals surface area contributed by atoms with Crippen LogP contribution in [0.4, 0.5) is 0 Å². The van der Waals surface area contributed by atoms with Crippen molar-refractivity contribution in [1.29, 1.82) is 5.26 Å². The van der Waals surface area contributed by atoms with Crippen molar-refractivity contribution in [2.75, 3.05) is 20.7 Å². The van der Waals surface area contributed by atoms with Crippen LogP contribution in [-0.4, -0.2) is 113 Å². The highest BCUT2D eigenvalue weighted by molar-refractivity contribution is 5.91. The number of allylic oxidation sites excluding steroid dienone is 3. The summed E-state index contributed by atoms with van der Waals surface area (Å²) < 4.78 is 24.8. The number of hydrogen-bond acceptors (Lipinski definition) is 13. The largest absolute Gasteiger partial charge is 0.461 e. The van der Waals surface area contributed by atoms with Crippen LogP contribution in [0.2, 0.25) is 0 Å². The molecule has 0 saturated carbocycles.